The lowest BCUT2D eigenvalue weighted by atomic mass is 10.2. The summed E-state index contributed by atoms with van der Waals surface area (Å²) in [5.74, 6) is 0. The second-order valence-electron chi connectivity index (χ2n) is 2.88. The summed E-state index contributed by atoms with van der Waals surface area (Å²) in [7, 11) is 0. The molecule has 0 spiro atoms. The summed E-state index contributed by atoms with van der Waals surface area (Å²) in [6.07, 6.45) is 5.26. The predicted octanol–water partition coefficient (Wildman–Crippen LogP) is 1.40. The van der Waals surface area contributed by atoms with Gasteiger partial charge in [0, 0.05) is 19.6 Å². The average molecular weight is 141 g/mol. The van der Waals surface area contributed by atoms with Crippen LogP contribution in [0.2, 0.25) is 0 Å². The number of nitrogens with zero attached hydrogens (tertiary/aromatic N) is 2. The SMILES string of the molecule is CCCCCN1CCC[N]1. The Bertz CT molecular complexity index is 77.3. The van der Waals surface area contributed by atoms with E-state index in [1.807, 2.05) is 0 Å². The van der Waals surface area contributed by atoms with Gasteiger partial charge in [-0.05, 0) is 12.8 Å². The first-order valence-corrected chi connectivity index (χ1v) is 4.36. The van der Waals surface area contributed by atoms with Crippen molar-refractivity contribution in [1.82, 2.24) is 10.4 Å². The van der Waals surface area contributed by atoms with E-state index in [-0.39, 0.29) is 0 Å². The smallest absolute Gasteiger partial charge is 0.0319 e. The highest BCUT2D eigenvalue weighted by Gasteiger charge is 2.10. The maximum atomic E-state index is 4.34. The standard InChI is InChI=1S/C8H17N2/c1-2-3-4-7-10-8-5-6-9-10/h2-8H2,1H3. The summed E-state index contributed by atoms with van der Waals surface area (Å²) in [5.41, 5.74) is 4.34. The van der Waals surface area contributed by atoms with E-state index in [0.717, 1.165) is 6.54 Å². The molecule has 1 heterocycles. The van der Waals surface area contributed by atoms with Gasteiger partial charge in [-0.15, -0.1) is 0 Å². The Morgan fingerprint density at radius 3 is 2.90 bits per heavy atom. The van der Waals surface area contributed by atoms with E-state index in [0.29, 0.717) is 0 Å². The molecule has 0 bridgehead atoms. The molecular formula is C8H17N2. The largest absolute Gasteiger partial charge is 0.227 e. The topological polar surface area (TPSA) is 17.3 Å². The molecule has 2 heteroatoms. The summed E-state index contributed by atoms with van der Waals surface area (Å²) >= 11 is 0. The minimum absolute atomic E-state index is 1.06. The predicted molar refractivity (Wildman–Crippen MR) is 42.7 cm³/mol. The minimum Gasteiger partial charge on any atom is -0.227 e. The maximum Gasteiger partial charge on any atom is 0.0319 e. The van der Waals surface area contributed by atoms with Gasteiger partial charge < -0.3 is 0 Å². The van der Waals surface area contributed by atoms with Crippen molar-refractivity contribution in [2.75, 3.05) is 19.6 Å². The van der Waals surface area contributed by atoms with Crippen LogP contribution in [0.1, 0.15) is 32.6 Å². The third-order valence-electron chi connectivity index (χ3n) is 1.89. The van der Waals surface area contributed by atoms with Crippen molar-refractivity contribution in [3.63, 3.8) is 0 Å². The van der Waals surface area contributed by atoms with Crippen LogP contribution in [0, 0.1) is 0 Å². The van der Waals surface area contributed by atoms with Crippen LogP contribution in [0.25, 0.3) is 0 Å². The molecule has 1 saturated heterocycles. The summed E-state index contributed by atoms with van der Waals surface area (Å²) in [6, 6.07) is 0. The van der Waals surface area contributed by atoms with Crippen molar-refractivity contribution in [3.05, 3.63) is 0 Å². The van der Waals surface area contributed by atoms with Crippen molar-refractivity contribution < 1.29 is 0 Å². The van der Waals surface area contributed by atoms with E-state index in [2.05, 4.69) is 17.4 Å². The van der Waals surface area contributed by atoms with Crippen LogP contribution in [-0.4, -0.2) is 24.6 Å². The van der Waals surface area contributed by atoms with Gasteiger partial charge in [-0.2, -0.15) is 5.43 Å². The third kappa shape index (κ3) is 2.67. The second kappa shape index (κ2) is 4.69. The van der Waals surface area contributed by atoms with E-state index in [1.165, 1.54) is 38.8 Å². The van der Waals surface area contributed by atoms with Crippen molar-refractivity contribution in [2.45, 2.75) is 32.6 Å². The van der Waals surface area contributed by atoms with E-state index in [1.54, 1.807) is 0 Å². The Labute approximate surface area is 63.6 Å². The Morgan fingerprint density at radius 2 is 2.30 bits per heavy atom. The average Bonchev–Trinajstić information content (AvgIpc) is 2.41. The molecule has 10 heavy (non-hydrogen) atoms. The number of rotatable bonds is 4. The first-order chi connectivity index (χ1) is 4.93. The van der Waals surface area contributed by atoms with Gasteiger partial charge in [-0.25, -0.2) is 5.01 Å². The molecule has 0 aromatic carbocycles. The van der Waals surface area contributed by atoms with Gasteiger partial charge in [0.05, 0.1) is 0 Å². The molecule has 0 aromatic rings. The lowest BCUT2D eigenvalue weighted by molar-refractivity contribution is 0.240. The van der Waals surface area contributed by atoms with Gasteiger partial charge in [0.25, 0.3) is 0 Å². The molecule has 59 valence electrons. The number of hydrogen-bond donors (Lipinski definition) is 0. The first-order valence-electron chi connectivity index (χ1n) is 4.36. The van der Waals surface area contributed by atoms with Gasteiger partial charge in [-0.3, -0.25) is 0 Å². The fourth-order valence-corrected chi connectivity index (χ4v) is 1.26. The molecular weight excluding hydrogens is 124 g/mol. The molecule has 0 saturated carbocycles. The zero-order chi connectivity index (χ0) is 7.23. The fraction of sp³-hybridized carbons (Fsp3) is 1.00. The van der Waals surface area contributed by atoms with Gasteiger partial charge in [0.1, 0.15) is 0 Å². The number of hydrogen-bond acceptors (Lipinski definition) is 1. The third-order valence-corrected chi connectivity index (χ3v) is 1.89. The monoisotopic (exact) mass is 141 g/mol. The van der Waals surface area contributed by atoms with Crippen LogP contribution in [0.5, 0.6) is 0 Å². The highest BCUT2D eigenvalue weighted by molar-refractivity contribution is 4.60. The van der Waals surface area contributed by atoms with Crippen LogP contribution in [-0.2, 0) is 0 Å². The van der Waals surface area contributed by atoms with Crippen LogP contribution < -0.4 is 5.43 Å². The molecule has 1 aliphatic heterocycles. The molecule has 1 fully saturated rings. The van der Waals surface area contributed by atoms with Crippen LogP contribution >= 0.6 is 0 Å². The number of unbranched alkanes of at least 4 members (excludes halogenated alkanes) is 2. The minimum atomic E-state index is 1.06. The summed E-state index contributed by atoms with van der Waals surface area (Å²) in [4.78, 5) is 0. The van der Waals surface area contributed by atoms with Crippen molar-refractivity contribution in [3.8, 4) is 0 Å². The maximum absolute atomic E-state index is 4.34. The van der Waals surface area contributed by atoms with Crippen LogP contribution in [0.4, 0.5) is 0 Å². The summed E-state index contributed by atoms with van der Waals surface area (Å²) in [6.45, 7) is 5.69. The zero-order valence-electron chi connectivity index (χ0n) is 6.84. The molecule has 0 amide bonds. The van der Waals surface area contributed by atoms with E-state index < -0.39 is 0 Å². The van der Waals surface area contributed by atoms with E-state index in [4.69, 9.17) is 0 Å². The quantitative estimate of drug-likeness (QED) is 0.541. The molecule has 0 atom stereocenters. The molecule has 0 N–H and O–H groups in total. The summed E-state index contributed by atoms with van der Waals surface area (Å²) < 4.78 is 0. The van der Waals surface area contributed by atoms with E-state index >= 15 is 0 Å². The molecule has 1 rings (SSSR count). The zero-order valence-corrected chi connectivity index (χ0v) is 6.84. The lowest BCUT2D eigenvalue weighted by Gasteiger charge is -2.11. The van der Waals surface area contributed by atoms with Crippen molar-refractivity contribution in [2.24, 2.45) is 0 Å². The Morgan fingerprint density at radius 1 is 1.40 bits per heavy atom. The molecule has 0 aromatic heterocycles. The van der Waals surface area contributed by atoms with Crippen molar-refractivity contribution >= 4 is 0 Å². The highest BCUT2D eigenvalue weighted by atomic mass is 15.5. The molecule has 2 nitrogen and oxygen atoms in total. The normalized spacial score (nSPS) is 20.1. The molecule has 0 aliphatic carbocycles. The Balaban J connectivity index is 1.91. The first kappa shape index (κ1) is 8.02. The van der Waals surface area contributed by atoms with Gasteiger partial charge in [0.2, 0.25) is 0 Å². The highest BCUT2D eigenvalue weighted by Crippen LogP contribution is 2.01. The molecule has 1 aliphatic rings. The second-order valence-corrected chi connectivity index (χ2v) is 2.88. The van der Waals surface area contributed by atoms with Crippen LogP contribution in [0.3, 0.4) is 0 Å². The fourth-order valence-electron chi connectivity index (χ4n) is 1.26. The van der Waals surface area contributed by atoms with Crippen LogP contribution in [0.15, 0.2) is 0 Å². The Hall–Kier alpha value is -0.0800. The van der Waals surface area contributed by atoms with Gasteiger partial charge in [0.15, 0.2) is 0 Å². The lowest BCUT2D eigenvalue weighted by Crippen LogP contribution is -2.25. The van der Waals surface area contributed by atoms with E-state index in [9.17, 15) is 0 Å². The Kier molecular flexibility index (Phi) is 3.76. The van der Waals surface area contributed by atoms with Gasteiger partial charge >= 0.3 is 0 Å². The summed E-state index contributed by atoms with van der Waals surface area (Å²) in [5, 5.41) is 2.22. The molecule has 0 unspecified atom stereocenters. The molecule has 1 radical (unpaired) electrons. The van der Waals surface area contributed by atoms with Crippen molar-refractivity contribution in [1.29, 1.82) is 0 Å². The van der Waals surface area contributed by atoms with Gasteiger partial charge in [-0.1, -0.05) is 19.8 Å².